The molecule has 0 heterocycles. The summed E-state index contributed by atoms with van der Waals surface area (Å²) >= 11 is 0. The highest BCUT2D eigenvalue weighted by Gasteiger charge is 1.74. The highest BCUT2D eigenvalue weighted by Crippen LogP contribution is 1.95. The van der Waals surface area contributed by atoms with Crippen LogP contribution in [0, 0.1) is 0 Å². The molecule has 0 fully saturated rings. The number of allylic oxidation sites excluding steroid dienone is 10. The molecule has 0 N–H and O–H groups in total. The first kappa shape index (κ1) is 8.79. The molecule has 0 radical (unpaired) electrons. The Bertz CT molecular complexity index is 211. The monoisotopic (exact) mass is 158 g/mol. The third-order valence-electron chi connectivity index (χ3n) is 1.55. The van der Waals surface area contributed by atoms with Crippen LogP contribution in [0.5, 0.6) is 0 Å². The Kier molecular flexibility index (Phi) is 4.70. The molecule has 0 aromatic rings. The van der Waals surface area contributed by atoms with E-state index in [4.69, 9.17) is 0 Å². The second-order valence-electron chi connectivity index (χ2n) is 2.59. The van der Waals surface area contributed by atoms with Gasteiger partial charge >= 0.3 is 0 Å². The zero-order valence-corrected chi connectivity index (χ0v) is 7.19. The molecule has 0 atom stereocenters. The lowest BCUT2D eigenvalue weighted by molar-refractivity contribution is 1.05. The number of hydrogen-bond acceptors (Lipinski definition) is 0. The summed E-state index contributed by atoms with van der Waals surface area (Å²) in [7, 11) is 0. The van der Waals surface area contributed by atoms with Crippen molar-refractivity contribution in [3.05, 3.63) is 60.8 Å². The Morgan fingerprint density at radius 1 is 0.417 bits per heavy atom. The number of rotatable bonds is 0. The lowest BCUT2D eigenvalue weighted by Gasteiger charge is -1.84. The molecule has 0 amide bonds. The van der Waals surface area contributed by atoms with Gasteiger partial charge in [-0.05, 0) is 12.8 Å². The predicted octanol–water partition coefficient (Wildman–Crippen LogP) is 3.56. The Balaban J connectivity index is 2.55. The van der Waals surface area contributed by atoms with Crippen molar-refractivity contribution in [2.75, 3.05) is 0 Å². The van der Waals surface area contributed by atoms with Crippen molar-refractivity contribution in [3.8, 4) is 0 Å². The van der Waals surface area contributed by atoms with Gasteiger partial charge in [0.2, 0.25) is 0 Å². The molecule has 0 saturated carbocycles. The minimum absolute atomic E-state index is 1.12. The molecule has 0 nitrogen and oxygen atoms in total. The minimum Gasteiger partial charge on any atom is -0.0842 e. The van der Waals surface area contributed by atoms with Crippen LogP contribution in [0.15, 0.2) is 60.8 Å². The van der Waals surface area contributed by atoms with Crippen LogP contribution in [0.3, 0.4) is 0 Å². The van der Waals surface area contributed by atoms with Crippen molar-refractivity contribution < 1.29 is 0 Å². The maximum atomic E-state index is 2.18. The molecule has 0 aliphatic heterocycles. The van der Waals surface area contributed by atoms with E-state index in [1.165, 1.54) is 0 Å². The van der Waals surface area contributed by atoms with Gasteiger partial charge in [0, 0.05) is 0 Å². The van der Waals surface area contributed by atoms with E-state index >= 15 is 0 Å². The second kappa shape index (κ2) is 6.41. The van der Waals surface area contributed by atoms with Crippen LogP contribution in [-0.2, 0) is 0 Å². The first-order valence-corrected chi connectivity index (χ1v) is 4.32. The summed E-state index contributed by atoms with van der Waals surface area (Å²) in [5.41, 5.74) is 0. The largest absolute Gasteiger partial charge is 0.0842 e. The van der Waals surface area contributed by atoms with Gasteiger partial charge in [0.1, 0.15) is 0 Å². The molecule has 0 unspecified atom stereocenters. The lowest BCUT2D eigenvalue weighted by Crippen LogP contribution is -1.64. The quantitative estimate of drug-likeness (QED) is 0.505. The van der Waals surface area contributed by atoms with Crippen LogP contribution in [0.2, 0.25) is 0 Å². The standard InChI is InChI=1S/C12H14/c1-2-4-6-8-10-12-11-9-7-5-3-1/h1-10H,11-12H2/b2-1-,5-3-,6-4-,9-7-,10-8-. The van der Waals surface area contributed by atoms with E-state index in [0.29, 0.717) is 0 Å². The fourth-order valence-corrected chi connectivity index (χ4v) is 0.927. The Hall–Kier alpha value is -1.30. The summed E-state index contributed by atoms with van der Waals surface area (Å²) in [5.74, 6) is 0. The van der Waals surface area contributed by atoms with Crippen molar-refractivity contribution in [3.63, 3.8) is 0 Å². The van der Waals surface area contributed by atoms with Crippen molar-refractivity contribution >= 4 is 0 Å². The zero-order valence-electron chi connectivity index (χ0n) is 7.19. The van der Waals surface area contributed by atoms with E-state index in [9.17, 15) is 0 Å². The molecule has 62 valence electrons. The summed E-state index contributed by atoms with van der Waals surface area (Å²) in [6, 6.07) is 0. The van der Waals surface area contributed by atoms with Crippen LogP contribution in [-0.4, -0.2) is 0 Å². The third-order valence-corrected chi connectivity index (χ3v) is 1.55. The molecule has 0 heteroatoms. The van der Waals surface area contributed by atoms with Gasteiger partial charge in [-0.25, -0.2) is 0 Å². The van der Waals surface area contributed by atoms with Crippen LogP contribution in [0.25, 0.3) is 0 Å². The van der Waals surface area contributed by atoms with E-state index < -0.39 is 0 Å². The van der Waals surface area contributed by atoms with Gasteiger partial charge in [-0.1, -0.05) is 60.8 Å². The van der Waals surface area contributed by atoms with E-state index in [0.717, 1.165) is 12.8 Å². The molecule has 0 aromatic carbocycles. The minimum atomic E-state index is 1.12. The van der Waals surface area contributed by atoms with E-state index in [1.54, 1.807) is 0 Å². The molecular weight excluding hydrogens is 144 g/mol. The lowest BCUT2D eigenvalue weighted by atomic mass is 10.2. The third kappa shape index (κ3) is 4.51. The van der Waals surface area contributed by atoms with Crippen LogP contribution < -0.4 is 0 Å². The summed E-state index contributed by atoms with van der Waals surface area (Å²) in [6.07, 6.45) is 23.0. The van der Waals surface area contributed by atoms with Gasteiger partial charge in [0.05, 0.1) is 0 Å². The molecule has 0 bridgehead atoms. The van der Waals surface area contributed by atoms with E-state index in [-0.39, 0.29) is 0 Å². The predicted molar refractivity (Wildman–Crippen MR) is 54.9 cm³/mol. The molecule has 1 aliphatic rings. The van der Waals surface area contributed by atoms with Gasteiger partial charge in [-0.3, -0.25) is 0 Å². The van der Waals surface area contributed by atoms with Crippen LogP contribution in [0.4, 0.5) is 0 Å². The highest BCUT2D eigenvalue weighted by molar-refractivity contribution is 5.18. The molecule has 1 aliphatic carbocycles. The first-order valence-electron chi connectivity index (χ1n) is 4.32. The Morgan fingerprint density at radius 2 is 0.750 bits per heavy atom. The van der Waals surface area contributed by atoms with Gasteiger partial charge in [-0.2, -0.15) is 0 Å². The van der Waals surface area contributed by atoms with Crippen molar-refractivity contribution in [2.45, 2.75) is 12.8 Å². The van der Waals surface area contributed by atoms with Crippen LogP contribution in [0.1, 0.15) is 12.8 Å². The highest BCUT2D eigenvalue weighted by atomic mass is 13.8. The normalized spacial score (nSPS) is 30.7. The van der Waals surface area contributed by atoms with E-state index in [2.05, 4.69) is 36.5 Å². The molecule has 0 spiro atoms. The van der Waals surface area contributed by atoms with Crippen LogP contribution >= 0.6 is 0 Å². The van der Waals surface area contributed by atoms with Gasteiger partial charge in [0.25, 0.3) is 0 Å². The van der Waals surface area contributed by atoms with Crippen molar-refractivity contribution in [1.82, 2.24) is 0 Å². The first-order chi connectivity index (χ1) is 6.00. The summed E-state index contributed by atoms with van der Waals surface area (Å²) < 4.78 is 0. The SMILES string of the molecule is C1=C\C=C/C=C\CC/C=C\C=C/1. The molecule has 0 aromatic heterocycles. The second-order valence-corrected chi connectivity index (χ2v) is 2.59. The molecule has 12 heavy (non-hydrogen) atoms. The van der Waals surface area contributed by atoms with Gasteiger partial charge < -0.3 is 0 Å². The molecule has 1 rings (SSSR count). The molecular formula is C12H14. The molecule has 0 saturated heterocycles. The van der Waals surface area contributed by atoms with E-state index in [1.807, 2.05) is 24.3 Å². The van der Waals surface area contributed by atoms with Crippen molar-refractivity contribution in [2.24, 2.45) is 0 Å². The summed E-state index contributed by atoms with van der Waals surface area (Å²) in [4.78, 5) is 0. The fraction of sp³-hybridized carbons (Fsp3) is 0.167. The Labute approximate surface area is 74.3 Å². The van der Waals surface area contributed by atoms with Crippen molar-refractivity contribution in [1.29, 1.82) is 0 Å². The summed E-state index contributed by atoms with van der Waals surface area (Å²) in [6.45, 7) is 0. The summed E-state index contributed by atoms with van der Waals surface area (Å²) in [5, 5.41) is 0. The maximum absolute atomic E-state index is 2.18. The Morgan fingerprint density at radius 3 is 1.17 bits per heavy atom. The average Bonchev–Trinajstić information content (AvgIpc) is 2.05. The maximum Gasteiger partial charge on any atom is -0.0313 e. The zero-order chi connectivity index (χ0) is 8.49. The van der Waals surface area contributed by atoms with Gasteiger partial charge in [-0.15, -0.1) is 0 Å². The number of hydrogen-bond donors (Lipinski definition) is 0. The average molecular weight is 158 g/mol. The topological polar surface area (TPSA) is 0 Å². The fourth-order valence-electron chi connectivity index (χ4n) is 0.927. The smallest absolute Gasteiger partial charge is 0.0313 e. The van der Waals surface area contributed by atoms with Gasteiger partial charge in [0.15, 0.2) is 0 Å².